The molecule has 0 saturated heterocycles. The summed E-state index contributed by atoms with van der Waals surface area (Å²) in [5.41, 5.74) is 5.59. The van der Waals surface area contributed by atoms with Gasteiger partial charge in [0.1, 0.15) is 0 Å². The number of thioether (sulfide) groups is 1. The highest BCUT2D eigenvalue weighted by Crippen LogP contribution is 2.25. The van der Waals surface area contributed by atoms with Crippen molar-refractivity contribution in [3.05, 3.63) is 28.2 Å². The van der Waals surface area contributed by atoms with E-state index in [4.69, 9.17) is 28.9 Å². The number of halogens is 2. The summed E-state index contributed by atoms with van der Waals surface area (Å²) in [6.07, 6.45) is 6.95. The summed E-state index contributed by atoms with van der Waals surface area (Å²) in [6, 6.07) is 3.29. The average Bonchev–Trinajstić information content (AvgIpc) is 2.56. The summed E-state index contributed by atoms with van der Waals surface area (Å²) in [5.74, 6) is 0.741. The first-order valence-electron chi connectivity index (χ1n) is 8.46. The molecule has 0 unspecified atom stereocenters. The number of rotatable bonds is 8. The maximum Gasteiger partial charge on any atom is 0.347 e. The Balaban J connectivity index is 2.53. The van der Waals surface area contributed by atoms with Crippen molar-refractivity contribution >= 4 is 57.9 Å². The van der Waals surface area contributed by atoms with Crippen LogP contribution in [0.2, 0.25) is 10.0 Å². The van der Waals surface area contributed by atoms with E-state index in [2.05, 4.69) is 22.5 Å². The van der Waals surface area contributed by atoms with Crippen molar-refractivity contribution in [1.29, 1.82) is 0 Å². The van der Waals surface area contributed by atoms with Crippen molar-refractivity contribution in [3.63, 3.8) is 0 Å². The van der Waals surface area contributed by atoms with Crippen LogP contribution in [0.5, 0.6) is 0 Å². The van der Waals surface area contributed by atoms with E-state index in [1.54, 1.807) is 12.1 Å². The Morgan fingerprint density at radius 1 is 1.12 bits per heavy atom. The highest BCUT2D eigenvalue weighted by Gasteiger charge is 2.08. The zero-order chi connectivity index (χ0) is 19.4. The Labute approximate surface area is 168 Å². The number of hydrogen-bond donors (Lipinski definition) is 3. The Morgan fingerprint density at radius 2 is 1.81 bits per heavy atom. The molecule has 4 N–H and O–H groups in total. The molecule has 6 nitrogen and oxygen atoms in total. The van der Waals surface area contributed by atoms with E-state index in [9.17, 15) is 9.59 Å². The topological polar surface area (TPSA) is 96.6 Å². The number of benzene rings is 1. The largest absolute Gasteiger partial charge is 0.351 e. The quantitative estimate of drug-likeness (QED) is 0.289. The predicted molar refractivity (Wildman–Crippen MR) is 111 cm³/mol. The summed E-state index contributed by atoms with van der Waals surface area (Å²) >= 11 is 13.0. The third kappa shape index (κ3) is 9.89. The zero-order valence-electron chi connectivity index (χ0n) is 14.7. The second kappa shape index (κ2) is 12.8. The highest BCUT2D eigenvalue weighted by atomic mass is 35.5. The number of carbonyl (C=O) groups is 2. The molecular weight excluding hydrogens is 395 g/mol. The van der Waals surface area contributed by atoms with Crippen molar-refractivity contribution in [2.45, 2.75) is 45.4 Å². The van der Waals surface area contributed by atoms with Gasteiger partial charge in [0.2, 0.25) is 0 Å². The molecule has 4 amide bonds. The van der Waals surface area contributed by atoms with Gasteiger partial charge in [-0.3, -0.25) is 5.32 Å². The third-order valence-electron chi connectivity index (χ3n) is 3.34. The smallest absolute Gasteiger partial charge is 0.347 e. The molecule has 0 atom stereocenters. The monoisotopic (exact) mass is 418 g/mol. The second-order valence-corrected chi connectivity index (χ2v) is 7.48. The summed E-state index contributed by atoms with van der Waals surface area (Å²) in [6.45, 7) is 2.18. The highest BCUT2D eigenvalue weighted by molar-refractivity contribution is 8.13. The Bertz CT molecular complexity index is 641. The maximum absolute atomic E-state index is 12.0. The number of nitrogens with one attached hydrogen (secondary N) is 2. The number of anilines is 1. The molecule has 144 valence electrons. The third-order valence-corrected chi connectivity index (χ3v) is 5.04. The molecule has 9 heteroatoms. The van der Waals surface area contributed by atoms with E-state index in [-0.39, 0.29) is 5.17 Å². The van der Waals surface area contributed by atoms with Crippen LogP contribution in [0, 0.1) is 0 Å². The van der Waals surface area contributed by atoms with E-state index in [1.807, 2.05) is 0 Å². The van der Waals surface area contributed by atoms with Crippen LogP contribution in [0.25, 0.3) is 0 Å². The summed E-state index contributed by atoms with van der Waals surface area (Å²) in [7, 11) is 0. The molecule has 0 radical (unpaired) electrons. The normalized spacial score (nSPS) is 11.3. The number of hydrogen-bond acceptors (Lipinski definition) is 3. The summed E-state index contributed by atoms with van der Waals surface area (Å²) in [4.78, 5) is 27.0. The maximum atomic E-state index is 12.0. The van der Waals surface area contributed by atoms with Gasteiger partial charge in [-0.2, -0.15) is 4.99 Å². The Morgan fingerprint density at radius 3 is 2.46 bits per heavy atom. The van der Waals surface area contributed by atoms with Gasteiger partial charge in [0.25, 0.3) is 0 Å². The summed E-state index contributed by atoms with van der Waals surface area (Å²) in [5, 5.41) is 5.81. The van der Waals surface area contributed by atoms with Crippen LogP contribution in [0.1, 0.15) is 45.4 Å². The number of primary amides is 1. The molecule has 0 fully saturated rings. The number of urea groups is 2. The van der Waals surface area contributed by atoms with Crippen LogP contribution < -0.4 is 16.4 Å². The van der Waals surface area contributed by atoms with Crippen molar-refractivity contribution < 1.29 is 9.59 Å². The van der Waals surface area contributed by atoms with Crippen LogP contribution in [-0.4, -0.2) is 23.0 Å². The van der Waals surface area contributed by atoms with Crippen molar-refractivity contribution in [1.82, 2.24) is 5.32 Å². The molecule has 0 aliphatic carbocycles. The lowest BCUT2D eigenvalue weighted by Gasteiger charge is -2.07. The Hall–Kier alpha value is -1.44. The number of carbonyl (C=O) groups excluding carboxylic acids is 2. The lowest BCUT2D eigenvalue weighted by atomic mass is 10.1. The first-order valence-corrected chi connectivity index (χ1v) is 10.2. The zero-order valence-corrected chi connectivity index (χ0v) is 17.0. The molecule has 0 heterocycles. The van der Waals surface area contributed by atoms with Gasteiger partial charge < -0.3 is 11.1 Å². The number of unbranched alkanes of at least 4 members (excludes halogenated alkanes) is 5. The minimum absolute atomic E-state index is 0.170. The van der Waals surface area contributed by atoms with Gasteiger partial charge in [0.05, 0.1) is 10.0 Å². The van der Waals surface area contributed by atoms with Crippen LogP contribution in [-0.2, 0) is 0 Å². The van der Waals surface area contributed by atoms with Crippen molar-refractivity contribution in [3.8, 4) is 0 Å². The van der Waals surface area contributed by atoms with Gasteiger partial charge in [0.15, 0.2) is 5.17 Å². The molecule has 1 aromatic carbocycles. The number of amides is 4. The van der Waals surface area contributed by atoms with Crippen LogP contribution in [0.3, 0.4) is 0 Å². The van der Waals surface area contributed by atoms with Crippen LogP contribution in [0.4, 0.5) is 15.3 Å². The first kappa shape index (κ1) is 22.6. The minimum atomic E-state index is -0.762. The molecule has 0 saturated carbocycles. The molecular formula is C17H24Cl2N4O2S. The van der Waals surface area contributed by atoms with Crippen LogP contribution >= 0.6 is 35.0 Å². The van der Waals surface area contributed by atoms with Gasteiger partial charge in [0, 0.05) is 11.4 Å². The van der Waals surface area contributed by atoms with E-state index >= 15 is 0 Å². The average molecular weight is 419 g/mol. The van der Waals surface area contributed by atoms with Crippen molar-refractivity contribution in [2.75, 3.05) is 11.1 Å². The predicted octanol–water partition coefficient (Wildman–Crippen LogP) is 5.64. The molecule has 0 aromatic heterocycles. The molecule has 0 aliphatic rings. The van der Waals surface area contributed by atoms with Gasteiger partial charge in [-0.25, -0.2) is 9.59 Å². The SMILES string of the molecule is CCCCCCCCSC(=NC(=O)Nc1ccc(Cl)c(Cl)c1)NC(N)=O. The fraction of sp³-hybridized carbons (Fsp3) is 0.471. The van der Waals surface area contributed by atoms with E-state index in [0.717, 1.165) is 18.6 Å². The number of amidine groups is 1. The molecule has 1 aromatic rings. The molecule has 0 spiro atoms. The lowest BCUT2D eigenvalue weighted by Crippen LogP contribution is -2.34. The number of nitrogens with two attached hydrogens (primary N) is 1. The molecule has 0 bridgehead atoms. The van der Waals surface area contributed by atoms with E-state index in [0.29, 0.717) is 15.7 Å². The van der Waals surface area contributed by atoms with Gasteiger partial charge >= 0.3 is 12.1 Å². The fourth-order valence-corrected chi connectivity index (χ4v) is 3.23. The van der Waals surface area contributed by atoms with Crippen LogP contribution in [0.15, 0.2) is 23.2 Å². The molecule has 1 rings (SSSR count). The molecule has 26 heavy (non-hydrogen) atoms. The number of aliphatic imine (C=N–C) groups is 1. The van der Waals surface area contributed by atoms with Crippen molar-refractivity contribution in [2.24, 2.45) is 10.7 Å². The summed E-state index contributed by atoms with van der Waals surface area (Å²) < 4.78 is 0. The van der Waals surface area contributed by atoms with Gasteiger partial charge in [-0.1, -0.05) is 74.0 Å². The van der Waals surface area contributed by atoms with E-state index in [1.165, 1.54) is 43.5 Å². The second-order valence-electron chi connectivity index (χ2n) is 5.58. The first-order chi connectivity index (χ1) is 12.4. The fourth-order valence-electron chi connectivity index (χ4n) is 2.07. The lowest BCUT2D eigenvalue weighted by molar-refractivity contribution is 0.253. The van der Waals surface area contributed by atoms with E-state index < -0.39 is 12.1 Å². The number of nitrogens with zero attached hydrogens (tertiary/aromatic N) is 1. The van der Waals surface area contributed by atoms with Gasteiger partial charge in [-0.05, 0) is 24.6 Å². The standard InChI is InChI=1S/C17H24Cl2N4O2S/c1-2-3-4-5-6-7-10-26-17(22-15(20)24)23-16(25)21-12-8-9-13(18)14(19)11-12/h8-9,11H,2-7,10H2,1H3,(H4,20,21,22,23,24,25). The Kier molecular flexibility index (Phi) is 11.2. The van der Waals surface area contributed by atoms with Gasteiger partial charge in [-0.15, -0.1) is 0 Å². The minimum Gasteiger partial charge on any atom is -0.351 e. The molecule has 0 aliphatic heterocycles.